The molecule has 0 bridgehead atoms. The van der Waals surface area contributed by atoms with Crippen molar-refractivity contribution >= 4 is 5.57 Å². The van der Waals surface area contributed by atoms with Crippen molar-refractivity contribution in [2.45, 2.75) is 26.7 Å². The van der Waals surface area contributed by atoms with Crippen molar-refractivity contribution in [3.05, 3.63) is 76.4 Å². The second kappa shape index (κ2) is 7.97. The average Bonchev–Trinajstić information content (AvgIpc) is 3.07. The molecule has 0 N–H and O–H groups in total. The zero-order valence-electron chi connectivity index (χ0n) is 13.2. The van der Waals surface area contributed by atoms with Gasteiger partial charge in [0.1, 0.15) is 0 Å². The maximum absolute atomic E-state index is 3.62. The largest absolute Gasteiger partial charge is 3.00 e. The van der Waals surface area contributed by atoms with Crippen LogP contribution in [-0.2, 0) is 32.6 Å². The number of hydrogen-bond donors (Lipinski definition) is 0. The summed E-state index contributed by atoms with van der Waals surface area (Å²) in [5, 5.41) is 0. The van der Waals surface area contributed by atoms with Gasteiger partial charge in [0.05, 0.1) is 0 Å². The number of allylic oxidation sites excluding steroid dienone is 4. The van der Waals surface area contributed by atoms with E-state index in [0.717, 1.165) is 12.8 Å². The van der Waals surface area contributed by atoms with Crippen LogP contribution in [0, 0.1) is 19.9 Å². The third-order valence-electron chi connectivity index (χ3n) is 4.57. The van der Waals surface area contributed by atoms with Gasteiger partial charge < -0.3 is 24.8 Å². The van der Waals surface area contributed by atoms with Gasteiger partial charge in [0.2, 0.25) is 0 Å². The molecule has 2 aromatic rings. The van der Waals surface area contributed by atoms with E-state index < -0.39 is 0 Å². The molecule has 2 aliphatic carbocycles. The quantitative estimate of drug-likeness (QED) is 0.445. The van der Waals surface area contributed by atoms with Crippen molar-refractivity contribution in [2.24, 2.45) is 0 Å². The summed E-state index contributed by atoms with van der Waals surface area (Å²) in [6.45, 7) is 4.42. The van der Waals surface area contributed by atoms with Crippen LogP contribution in [-0.4, -0.2) is 0 Å². The maximum atomic E-state index is 3.62. The second-order valence-electron chi connectivity index (χ2n) is 5.76. The molecule has 0 aliphatic heterocycles. The van der Waals surface area contributed by atoms with E-state index in [0.29, 0.717) is 0 Å². The van der Waals surface area contributed by atoms with Crippen LogP contribution in [0.25, 0.3) is 16.7 Å². The van der Waals surface area contributed by atoms with Crippen LogP contribution in [0.15, 0.2) is 42.5 Å². The Morgan fingerprint density at radius 3 is 2.43 bits per heavy atom. The van der Waals surface area contributed by atoms with Gasteiger partial charge >= 0.3 is 26.2 Å². The van der Waals surface area contributed by atoms with E-state index in [1.807, 2.05) is 0 Å². The van der Waals surface area contributed by atoms with E-state index >= 15 is 0 Å². The summed E-state index contributed by atoms with van der Waals surface area (Å²) >= 11 is 0. The standard InChI is InChI=1S/C20H17.2ClH.Zr/c1-13-11-17-12-16-9-5-6-10-18(16)20(17)19(14(13)2)15-7-3-4-8-15;;;/h3-7,9-10H,8,12H2,1-2H3;2*1H;/q-1;;;+3/p-2. The van der Waals surface area contributed by atoms with Gasteiger partial charge in [0.25, 0.3) is 0 Å². The number of halogens is 2. The Morgan fingerprint density at radius 1 is 1.00 bits per heavy atom. The Hall–Kier alpha value is -0.617. The number of hydrogen-bond acceptors (Lipinski definition) is 0. The van der Waals surface area contributed by atoms with Crippen molar-refractivity contribution in [1.82, 2.24) is 0 Å². The Balaban J connectivity index is 0.000000882. The molecule has 0 fully saturated rings. The molecule has 0 nitrogen and oxygen atoms in total. The minimum Gasteiger partial charge on any atom is -1.00 e. The van der Waals surface area contributed by atoms with Gasteiger partial charge in [-0.2, -0.15) is 11.6 Å². The first-order chi connectivity index (χ1) is 9.75. The summed E-state index contributed by atoms with van der Waals surface area (Å²) in [6, 6.07) is 12.4. The molecule has 3 heteroatoms. The Labute approximate surface area is 170 Å². The zero-order valence-corrected chi connectivity index (χ0v) is 17.2. The smallest absolute Gasteiger partial charge is 1.00 e. The van der Waals surface area contributed by atoms with Gasteiger partial charge in [-0.3, -0.25) is 0 Å². The first-order valence-corrected chi connectivity index (χ1v) is 7.25. The second-order valence-corrected chi connectivity index (χ2v) is 5.76. The summed E-state index contributed by atoms with van der Waals surface area (Å²) in [5.41, 5.74) is 11.2. The van der Waals surface area contributed by atoms with E-state index in [2.05, 4.69) is 62.4 Å². The van der Waals surface area contributed by atoms with Gasteiger partial charge in [-0.15, -0.1) is 22.3 Å². The number of benzene rings is 2. The molecule has 0 saturated carbocycles. The minimum atomic E-state index is 0. The number of fused-ring (bicyclic) bond motifs is 3. The normalized spacial score (nSPS) is 13.2. The molecule has 0 amide bonds. The molecule has 4 rings (SSSR count). The molecule has 0 spiro atoms. The molecule has 0 heterocycles. The third-order valence-corrected chi connectivity index (χ3v) is 4.57. The van der Waals surface area contributed by atoms with E-state index in [1.54, 1.807) is 0 Å². The van der Waals surface area contributed by atoms with Crippen molar-refractivity contribution in [3.8, 4) is 11.1 Å². The van der Waals surface area contributed by atoms with Crippen LogP contribution in [0.2, 0.25) is 0 Å². The topological polar surface area (TPSA) is 0 Å². The first kappa shape index (κ1) is 20.4. The van der Waals surface area contributed by atoms with Gasteiger partial charge in [-0.25, -0.2) is 0 Å². The Bertz CT molecular complexity index is 788. The van der Waals surface area contributed by atoms with Crippen molar-refractivity contribution in [2.75, 3.05) is 0 Å². The molecule has 0 aromatic heterocycles. The number of rotatable bonds is 1. The fourth-order valence-corrected chi connectivity index (χ4v) is 3.48. The van der Waals surface area contributed by atoms with Crippen LogP contribution >= 0.6 is 0 Å². The van der Waals surface area contributed by atoms with E-state index in [4.69, 9.17) is 0 Å². The van der Waals surface area contributed by atoms with Gasteiger partial charge in [-0.05, 0) is 12.8 Å². The molecule has 1 radical (unpaired) electrons. The molecule has 0 unspecified atom stereocenters. The van der Waals surface area contributed by atoms with Crippen LogP contribution in [0.3, 0.4) is 0 Å². The van der Waals surface area contributed by atoms with E-state index in [-0.39, 0.29) is 51.0 Å². The minimum absolute atomic E-state index is 0. The fourth-order valence-electron chi connectivity index (χ4n) is 3.48. The Kier molecular flexibility index (Phi) is 7.08. The van der Waals surface area contributed by atoms with Gasteiger partial charge in [-0.1, -0.05) is 73.0 Å². The van der Waals surface area contributed by atoms with Crippen LogP contribution in [0.4, 0.5) is 0 Å². The fraction of sp³-hybridized carbons (Fsp3) is 0.200. The molecule has 0 saturated heterocycles. The first-order valence-electron chi connectivity index (χ1n) is 7.25. The van der Waals surface area contributed by atoms with Crippen molar-refractivity contribution in [1.29, 1.82) is 0 Å². The molecular formula is C20H17Cl2Zr. The molecule has 23 heavy (non-hydrogen) atoms. The van der Waals surface area contributed by atoms with E-state index in [9.17, 15) is 0 Å². The summed E-state index contributed by atoms with van der Waals surface area (Å²) in [6.07, 6.45) is 8.77. The zero-order chi connectivity index (χ0) is 13.7. The van der Waals surface area contributed by atoms with Crippen LogP contribution < -0.4 is 24.8 Å². The Morgan fingerprint density at radius 2 is 1.74 bits per heavy atom. The molecule has 0 atom stereocenters. The van der Waals surface area contributed by atoms with Crippen LogP contribution in [0.1, 0.15) is 34.2 Å². The predicted octanol–water partition coefficient (Wildman–Crippen LogP) is -0.976. The predicted molar refractivity (Wildman–Crippen MR) is 84.7 cm³/mol. The van der Waals surface area contributed by atoms with Gasteiger partial charge in [0, 0.05) is 0 Å². The van der Waals surface area contributed by atoms with Crippen LogP contribution in [0.5, 0.6) is 0 Å². The van der Waals surface area contributed by atoms with Crippen molar-refractivity contribution < 1.29 is 51.0 Å². The molecular weight excluding hydrogens is 402 g/mol. The average molecular weight is 419 g/mol. The van der Waals surface area contributed by atoms with Gasteiger partial charge in [0.15, 0.2) is 0 Å². The summed E-state index contributed by atoms with van der Waals surface area (Å²) in [7, 11) is 0. The molecule has 2 aromatic carbocycles. The number of aryl methyl sites for hydroxylation is 1. The van der Waals surface area contributed by atoms with E-state index in [1.165, 1.54) is 44.5 Å². The summed E-state index contributed by atoms with van der Waals surface area (Å²) < 4.78 is 0. The summed E-state index contributed by atoms with van der Waals surface area (Å²) in [5.74, 6) is 0. The summed E-state index contributed by atoms with van der Waals surface area (Å²) in [4.78, 5) is 0. The monoisotopic (exact) mass is 417 g/mol. The van der Waals surface area contributed by atoms with Crippen molar-refractivity contribution in [3.63, 3.8) is 0 Å². The maximum Gasteiger partial charge on any atom is 3.00 e. The molecule has 2 aliphatic rings. The third kappa shape index (κ3) is 3.29. The SMILES string of the molecule is Cc1[c-]c2c(c(C3=CC=CC3)c1C)-c1ccccc1C2.[Cl-].[Cl-].[Zr+3]. The molecule has 115 valence electrons.